The van der Waals surface area contributed by atoms with Gasteiger partial charge < -0.3 is 9.88 Å². The summed E-state index contributed by atoms with van der Waals surface area (Å²) >= 11 is 0. The molecule has 0 aliphatic carbocycles. The average Bonchev–Trinajstić information content (AvgIpc) is 2.69. The van der Waals surface area contributed by atoms with Crippen LogP contribution in [0.5, 0.6) is 0 Å². The number of aromatic nitrogens is 1. The van der Waals surface area contributed by atoms with Gasteiger partial charge in [-0.05, 0) is 49.1 Å². The molecular weight excluding hydrogens is 350 g/mol. The number of carbonyl (C=O) groups is 1. The highest BCUT2D eigenvalue weighted by atomic mass is 16.2. The van der Waals surface area contributed by atoms with Crippen LogP contribution in [-0.2, 0) is 6.54 Å². The predicted octanol–water partition coefficient (Wildman–Crippen LogP) is 3.10. The Hall–Kier alpha value is -2.92. The van der Waals surface area contributed by atoms with E-state index in [0.29, 0.717) is 19.6 Å². The minimum Gasteiger partial charge on any atom is -0.336 e. The van der Waals surface area contributed by atoms with Crippen molar-refractivity contribution in [1.29, 1.82) is 0 Å². The van der Waals surface area contributed by atoms with Crippen LogP contribution >= 0.6 is 0 Å². The molecule has 0 radical (unpaired) electrons. The van der Waals surface area contributed by atoms with Crippen LogP contribution in [0.2, 0.25) is 0 Å². The molecule has 1 aliphatic rings. The highest BCUT2D eigenvalue weighted by Gasteiger charge is 2.22. The van der Waals surface area contributed by atoms with Crippen molar-refractivity contribution in [3.05, 3.63) is 81.1 Å². The molecule has 0 unspecified atom stereocenters. The topological polar surface area (TPSA) is 56.4 Å². The molecule has 144 valence electrons. The van der Waals surface area contributed by atoms with Crippen molar-refractivity contribution in [2.45, 2.75) is 20.4 Å². The summed E-state index contributed by atoms with van der Waals surface area (Å²) in [6.45, 7) is 7.51. The maximum absolute atomic E-state index is 12.7. The zero-order chi connectivity index (χ0) is 19.7. The van der Waals surface area contributed by atoms with E-state index < -0.39 is 0 Å². The van der Waals surface area contributed by atoms with E-state index in [4.69, 9.17) is 0 Å². The number of hydrogen-bond donors (Lipinski definition) is 1. The second kappa shape index (κ2) is 7.60. The smallest absolute Gasteiger partial charge is 0.253 e. The minimum absolute atomic E-state index is 0.0311. The predicted molar refractivity (Wildman–Crippen MR) is 112 cm³/mol. The number of aromatic amines is 1. The zero-order valence-electron chi connectivity index (χ0n) is 16.4. The van der Waals surface area contributed by atoms with Crippen LogP contribution in [0.25, 0.3) is 10.9 Å². The molecule has 5 nitrogen and oxygen atoms in total. The third-order valence-electron chi connectivity index (χ3n) is 5.40. The van der Waals surface area contributed by atoms with Crippen molar-refractivity contribution >= 4 is 16.8 Å². The van der Waals surface area contributed by atoms with Crippen molar-refractivity contribution in [3.63, 3.8) is 0 Å². The van der Waals surface area contributed by atoms with Crippen molar-refractivity contribution in [1.82, 2.24) is 14.8 Å². The molecule has 0 saturated carbocycles. The fourth-order valence-corrected chi connectivity index (χ4v) is 3.79. The van der Waals surface area contributed by atoms with Crippen LogP contribution in [0.4, 0.5) is 0 Å². The summed E-state index contributed by atoms with van der Waals surface area (Å²) in [6, 6.07) is 15.8. The zero-order valence-corrected chi connectivity index (χ0v) is 16.4. The molecule has 1 N–H and O–H groups in total. The van der Waals surface area contributed by atoms with Gasteiger partial charge in [0.1, 0.15) is 0 Å². The molecule has 1 saturated heterocycles. The van der Waals surface area contributed by atoms with E-state index in [9.17, 15) is 9.59 Å². The maximum Gasteiger partial charge on any atom is 0.253 e. The number of amides is 1. The molecular formula is C23H25N3O2. The molecule has 28 heavy (non-hydrogen) atoms. The van der Waals surface area contributed by atoms with Gasteiger partial charge in [0, 0.05) is 49.4 Å². The SMILES string of the molecule is Cc1cccc(C(=O)N2CCN(Cc3cc4ccc(C)cc4[nH]c3=O)CC2)c1. The Kier molecular flexibility index (Phi) is 5.01. The van der Waals surface area contributed by atoms with Crippen molar-refractivity contribution in [3.8, 4) is 0 Å². The average molecular weight is 375 g/mol. The van der Waals surface area contributed by atoms with E-state index in [1.54, 1.807) is 0 Å². The summed E-state index contributed by atoms with van der Waals surface area (Å²) < 4.78 is 0. The Morgan fingerprint density at radius 1 is 0.964 bits per heavy atom. The maximum atomic E-state index is 12.7. The molecule has 0 spiro atoms. The van der Waals surface area contributed by atoms with Crippen molar-refractivity contribution in [2.24, 2.45) is 0 Å². The number of piperazine rings is 1. The number of rotatable bonds is 3. The molecule has 1 fully saturated rings. The molecule has 0 bridgehead atoms. The number of nitrogens with zero attached hydrogens (tertiary/aromatic N) is 2. The Morgan fingerprint density at radius 3 is 2.46 bits per heavy atom. The summed E-state index contributed by atoms with van der Waals surface area (Å²) in [6.07, 6.45) is 0. The second-order valence-corrected chi connectivity index (χ2v) is 7.65. The first-order valence-corrected chi connectivity index (χ1v) is 9.70. The summed E-state index contributed by atoms with van der Waals surface area (Å²) in [5.74, 6) is 0.0854. The number of nitrogens with one attached hydrogen (secondary N) is 1. The Morgan fingerprint density at radius 2 is 1.71 bits per heavy atom. The third-order valence-corrected chi connectivity index (χ3v) is 5.40. The molecule has 2 aromatic carbocycles. The van der Waals surface area contributed by atoms with E-state index in [1.165, 1.54) is 0 Å². The van der Waals surface area contributed by atoms with E-state index in [0.717, 1.165) is 46.2 Å². The highest BCUT2D eigenvalue weighted by Crippen LogP contribution is 2.15. The van der Waals surface area contributed by atoms with Gasteiger partial charge in [-0.15, -0.1) is 0 Å². The van der Waals surface area contributed by atoms with Gasteiger partial charge in [0.25, 0.3) is 11.5 Å². The lowest BCUT2D eigenvalue weighted by Gasteiger charge is -2.34. The molecule has 3 aromatic rings. The molecule has 2 heterocycles. The Labute approximate surface area is 164 Å². The normalized spacial score (nSPS) is 15.1. The number of benzene rings is 2. The highest BCUT2D eigenvalue weighted by molar-refractivity contribution is 5.94. The van der Waals surface area contributed by atoms with Crippen LogP contribution in [0, 0.1) is 13.8 Å². The van der Waals surface area contributed by atoms with Gasteiger partial charge >= 0.3 is 0 Å². The molecule has 5 heteroatoms. The van der Waals surface area contributed by atoms with Gasteiger partial charge in [0.15, 0.2) is 0 Å². The molecule has 1 aromatic heterocycles. The van der Waals surface area contributed by atoms with E-state index >= 15 is 0 Å². The van der Waals surface area contributed by atoms with Crippen molar-refractivity contribution in [2.75, 3.05) is 26.2 Å². The quantitative estimate of drug-likeness (QED) is 0.765. The lowest BCUT2D eigenvalue weighted by atomic mass is 10.1. The molecule has 1 aliphatic heterocycles. The first-order valence-electron chi connectivity index (χ1n) is 9.70. The summed E-state index contributed by atoms with van der Waals surface area (Å²) in [4.78, 5) is 32.3. The second-order valence-electron chi connectivity index (χ2n) is 7.65. The van der Waals surface area contributed by atoms with Gasteiger partial charge in [0.2, 0.25) is 0 Å². The fourth-order valence-electron chi connectivity index (χ4n) is 3.79. The standard InChI is InChI=1S/C23H25N3O2/c1-16-4-3-5-19(12-16)23(28)26-10-8-25(9-11-26)15-20-14-18-7-6-17(2)13-21(18)24-22(20)27/h3-7,12-14H,8-11,15H2,1-2H3,(H,24,27). The van der Waals surface area contributed by atoms with E-state index in [-0.39, 0.29) is 11.5 Å². The number of fused-ring (bicyclic) bond motifs is 1. The van der Waals surface area contributed by atoms with E-state index in [1.807, 2.05) is 61.2 Å². The fraction of sp³-hybridized carbons (Fsp3) is 0.304. The first kappa shape index (κ1) is 18.4. The van der Waals surface area contributed by atoms with Crippen LogP contribution in [-0.4, -0.2) is 46.9 Å². The number of H-pyrrole nitrogens is 1. The first-order chi connectivity index (χ1) is 13.5. The van der Waals surface area contributed by atoms with Gasteiger partial charge in [-0.2, -0.15) is 0 Å². The van der Waals surface area contributed by atoms with Crippen LogP contribution < -0.4 is 5.56 Å². The number of carbonyl (C=O) groups excluding carboxylic acids is 1. The largest absolute Gasteiger partial charge is 0.336 e. The minimum atomic E-state index is -0.0311. The third kappa shape index (κ3) is 3.85. The Balaban J connectivity index is 1.42. The molecule has 4 rings (SSSR count). The lowest BCUT2D eigenvalue weighted by Crippen LogP contribution is -2.48. The number of pyridine rings is 1. The molecule has 1 amide bonds. The lowest BCUT2D eigenvalue weighted by molar-refractivity contribution is 0.0628. The summed E-state index contributed by atoms with van der Waals surface area (Å²) in [5, 5.41) is 1.05. The van der Waals surface area contributed by atoms with Gasteiger partial charge in [-0.25, -0.2) is 0 Å². The van der Waals surface area contributed by atoms with Crippen LogP contribution in [0.3, 0.4) is 0 Å². The molecule has 0 atom stereocenters. The van der Waals surface area contributed by atoms with Crippen LogP contribution in [0.15, 0.2) is 53.3 Å². The monoisotopic (exact) mass is 375 g/mol. The Bertz CT molecular complexity index is 1080. The van der Waals surface area contributed by atoms with Crippen LogP contribution in [0.1, 0.15) is 27.0 Å². The van der Waals surface area contributed by atoms with Gasteiger partial charge in [-0.3, -0.25) is 14.5 Å². The van der Waals surface area contributed by atoms with Crippen molar-refractivity contribution < 1.29 is 4.79 Å². The summed E-state index contributed by atoms with van der Waals surface area (Å²) in [7, 11) is 0. The number of hydrogen-bond acceptors (Lipinski definition) is 3. The summed E-state index contributed by atoms with van der Waals surface area (Å²) in [5.41, 5.74) is 4.59. The number of aryl methyl sites for hydroxylation is 2. The van der Waals surface area contributed by atoms with Gasteiger partial charge in [-0.1, -0.05) is 29.8 Å². The van der Waals surface area contributed by atoms with Gasteiger partial charge in [0.05, 0.1) is 0 Å². The van der Waals surface area contributed by atoms with E-state index in [2.05, 4.69) is 16.0 Å².